The minimum absolute atomic E-state index is 0.711. The first-order valence-corrected chi connectivity index (χ1v) is 8.78. The molecule has 3 atom stereocenters. The van der Waals surface area contributed by atoms with E-state index in [1.165, 1.54) is 57.1 Å². The van der Waals surface area contributed by atoms with Gasteiger partial charge in [0, 0.05) is 4.75 Å². The molecule has 2 rings (SSSR count). The first-order valence-electron chi connectivity index (χ1n) is 7.79. The molecule has 0 aliphatic heterocycles. The first kappa shape index (κ1) is 13.8. The summed E-state index contributed by atoms with van der Waals surface area (Å²) in [4.78, 5) is 0. The van der Waals surface area contributed by atoms with E-state index in [4.69, 9.17) is 0 Å². The molecule has 100 valence electrons. The number of rotatable bonds is 6. The van der Waals surface area contributed by atoms with Crippen molar-refractivity contribution in [3.05, 3.63) is 0 Å². The molecule has 0 heterocycles. The van der Waals surface area contributed by atoms with E-state index in [2.05, 4.69) is 32.5 Å². The van der Waals surface area contributed by atoms with Crippen molar-refractivity contribution in [2.45, 2.75) is 76.9 Å². The van der Waals surface area contributed by atoms with Crippen LogP contribution in [0.5, 0.6) is 0 Å². The first-order chi connectivity index (χ1) is 8.15. The molecular weight excluding hydrogens is 224 g/mol. The lowest BCUT2D eigenvalue weighted by molar-refractivity contribution is 0.341. The Morgan fingerprint density at radius 2 is 2.06 bits per heavy atom. The largest absolute Gasteiger partial charge is 0.155 e. The molecule has 0 bridgehead atoms. The highest BCUT2D eigenvalue weighted by Crippen LogP contribution is 2.47. The van der Waals surface area contributed by atoms with Crippen molar-refractivity contribution in [1.29, 1.82) is 0 Å². The highest BCUT2D eigenvalue weighted by Gasteiger charge is 2.35. The molecule has 1 heteroatoms. The number of hydrogen-bond donors (Lipinski definition) is 0. The molecule has 0 spiro atoms. The second-order valence-electron chi connectivity index (χ2n) is 6.68. The van der Waals surface area contributed by atoms with Gasteiger partial charge in [0.25, 0.3) is 0 Å². The van der Waals surface area contributed by atoms with E-state index in [1.807, 2.05) is 0 Å². The van der Waals surface area contributed by atoms with E-state index in [0.717, 1.165) is 17.8 Å². The molecular formula is C16H30S. The molecule has 0 nitrogen and oxygen atoms in total. The zero-order chi connectivity index (χ0) is 12.3. The summed E-state index contributed by atoms with van der Waals surface area (Å²) >= 11 is 2.30. The summed E-state index contributed by atoms with van der Waals surface area (Å²) in [5.74, 6) is 4.44. The molecule has 17 heavy (non-hydrogen) atoms. The molecule has 2 aliphatic rings. The van der Waals surface area contributed by atoms with E-state index < -0.39 is 0 Å². The zero-order valence-electron chi connectivity index (χ0n) is 12.0. The fraction of sp³-hybridized carbons (Fsp3) is 1.00. The van der Waals surface area contributed by atoms with Gasteiger partial charge in [-0.1, -0.05) is 33.6 Å². The topological polar surface area (TPSA) is 0 Å². The third kappa shape index (κ3) is 3.43. The standard InChI is InChI=1S/C16H30S/c1-4-16(9-5-10-16)17-11-8-14(3)15-7-6-13(2)12-15/h13-15H,4-12H2,1-3H3/t13?,14-,15?/m0/s1. The van der Waals surface area contributed by atoms with Crippen molar-refractivity contribution in [2.75, 3.05) is 5.75 Å². The maximum absolute atomic E-state index is 2.50. The number of hydrogen-bond acceptors (Lipinski definition) is 1. The van der Waals surface area contributed by atoms with Gasteiger partial charge in [-0.15, -0.1) is 0 Å². The second kappa shape index (κ2) is 5.99. The van der Waals surface area contributed by atoms with E-state index >= 15 is 0 Å². The molecule has 0 amide bonds. The highest BCUT2D eigenvalue weighted by molar-refractivity contribution is 8.00. The van der Waals surface area contributed by atoms with Crippen LogP contribution in [0, 0.1) is 17.8 Å². The number of thioether (sulfide) groups is 1. The van der Waals surface area contributed by atoms with Crippen LogP contribution < -0.4 is 0 Å². The van der Waals surface area contributed by atoms with Gasteiger partial charge in [-0.3, -0.25) is 0 Å². The van der Waals surface area contributed by atoms with Crippen molar-refractivity contribution < 1.29 is 0 Å². The predicted molar refractivity (Wildman–Crippen MR) is 79.6 cm³/mol. The predicted octanol–water partition coefficient (Wildman–Crippen LogP) is 5.51. The average Bonchev–Trinajstić information content (AvgIpc) is 2.69. The summed E-state index contributed by atoms with van der Waals surface area (Å²) in [6.07, 6.45) is 11.8. The van der Waals surface area contributed by atoms with E-state index in [0.29, 0.717) is 4.75 Å². The van der Waals surface area contributed by atoms with Crippen molar-refractivity contribution in [3.8, 4) is 0 Å². The molecule has 0 aromatic heterocycles. The third-order valence-electron chi connectivity index (χ3n) is 5.43. The molecule has 0 N–H and O–H groups in total. The summed E-state index contributed by atoms with van der Waals surface area (Å²) in [5.41, 5.74) is 0. The van der Waals surface area contributed by atoms with Gasteiger partial charge in [0.1, 0.15) is 0 Å². The monoisotopic (exact) mass is 254 g/mol. The van der Waals surface area contributed by atoms with Crippen LogP contribution in [0.4, 0.5) is 0 Å². The summed E-state index contributed by atoms with van der Waals surface area (Å²) < 4.78 is 0.711. The normalized spacial score (nSPS) is 33.4. The van der Waals surface area contributed by atoms with Gasteiger partial charge in [-0.2, -0.15) is 11.8 Å². The maximum Gasteiger partial charge on any atom is 0.0157 e. The molecule has 2 saturated carbocycles. The van der Waals surface area contributed by atoms with Gasteiger partial charge in [0.2, 0.25) is 0 Å². The Balaban J connectivity index is 1.64. The Labute approximate surface area is 112 Å². The molecule has 2 unspecified atom stereocenters. The lowest BCUT2D eigenvalue weighted by Crippen LogP contribution is -2.32. The minimum Gasteiger partial charge on any atom is -0.155 e. The summed E-state index contributed by atoms with van der Waals surface area (Å²) in [7, 11) is 0. The Hall–Kier alpha value is 0.350. The van der Waals surface area contributed by atoms with Gasteiger partial charge in [-0.05, 0) is 62.0 Å². The van der Waals surface area contributed by atoms with Gasteiger partial charge < -0.3 is 0 Å². The van der Waals surface area contributed by atoms with Crippen molar-refractivity contribution >= 4 is 11.8 Å². The van der Waals surface area contributed by atoms with Crippen LogP contribution in [0.2, 0.25) is 0 Å². The summed E-state index contributed by atoms with van der Waals surface area (Å²) in [6.45, 7) is 7.32. The highest BCUT2D eigenvalue weighted by atomic mass is 32.2. The Morgan fingerprint density at radius 3 is 2.53 bits per heavy atom. The van der Waals surface area contributed by atoms with Crippen LogP contribution in [-0.4, -0.2) is 10.5 Å². The lowest BCUT2D eigenvalue weighted by Gasteiger charge is -2.41. The Bertz CT molecular complexity index is 226. The van der Waals surface area contributed by atoms with Crippen LogP contribution in [0.1, 0.15) is 72.1 Å². The SMILES string of the molecule is CCC1(SCC[C@H](C)C2CCC(C)C2)CCC1. The summed E-state index contributed by atoms with van der Waals surface area (Å²) in [5, 5.41) is 0. The quantitative estimate of drug-likeness (QED) is 0.602. The lowest BCUT2D eigenvalue weighted by atomic mass is 9.82. The fourth-order valence-electron chi connectivity index (χ4n) is 3.64. The van der Waals surface area contributed by atoms with Crippen LogP contribution in [0.25, 0.3) is 0 Å². The van der Waals surface area contributed by atoms with Crippen molar-refractivity contribution in [3.63, 3.8) is 0 Å². The van der Waals surface area contributed by atoms with Crippen LogP contribution in [-0.2, 0) is 0 Å². The fourth-order valence-corrected chi connectivity index (χ4v) is 5.34. The maximum atomic E-state index is 2.50. The molecule has 2 aliphatic carbocycles. The van der Waals surface area contributed by atoms with Gasteiger partial charge in [0.15, 0.2) is 0 Å². The molecule has 2 fully saturated rings. The second-order valence-corrected chi connectivity index (χ2v) is 8.25. The Morgan fingerprint density at radius 1 is 1.29 bits per heavy atom. The molecule has 0 aromatic rings. The van der Waals surface area contributed by atoms with Crippen LogP contribution in [0.3, 0.4) is 0 Å². The van der Waals surface area contributed by atoms with E-state index in [1.54, 1.807) is 0 Å². The van der Waals surface area contributed by atoms with Gasteiger partial charge in [0.05, 0.1) is 0 Å². The van der Waals surface area contributed by atoms with Gasteiger partial charge >= 0.3 is 0 Å². The van der Waals surface area contributed by atoms with Crippen LogP contribution in [0.15, 0.2) is 0 Å². The van der Waals surface area contributed by atoms with Crippen LogP contribution >= 0.6 is 11.8 Å². The van der Waals surface area contributed by atoms with E-state index in [-0.39, 0.29) is 0 Å². The van der Waals surface area contributed by atoms with Gasteiger partial charge in [-0.25, -0.2) is 0 Å². The zero-order valence-corrected chi connectivity index (χ0v) is 12.8. The Kier molecular flexibility index (Phi) is 4.86. The molecule has 0 radical (unpaired) electrons. The average molecular weight is 254 g/mol. The summed E-state index contributed by atoms with van der Waals surface area (Å²) in [6, 6.07) is 0. The van der Waals surface area contributed by atoms with Crippen molar-refractivity contribution in [1.82, 2.24) is 0 Å². The molecule has 0 aromatic carbocycles. The minimum atomic E-state index is 0.711. The third-order valence-corrected chi connectivity index (χ3v) is 7.18. The molecule has 0 saturated heterocycles. The van der Waals surface area contributed by atoms with Crippen molar-refractivity contribution in [2.24, 2.45) is 17.8 Å². The van der Waals surface area contributed by atoms with E-state index in [9.17, 15) is 0 Å². The smallest absolute Gasteiger partial charge is 0.0157 e.